The molecule has 2 aliphatic carbocycles. The standard InChI is InChI=1S/C37H31P2.C5H5.Fe/c1-29(38(30-17-6-2-7-18-30)31-19-8-3-9-20-31)34-26-16-27-35(34)36-25-14-15-28-37(36)39(32-21-10-4-11-22-32)33-23-12-5-13-24-33;1-2-4-5-3-1;/h2-29H,1H3;1-5H;/q2*-1;+2/b36-35+;;/t29-;;/m1../s1. The minimum absolute atomic E-state index is 0. The second kappa shape index (κ2) is 16.5. The molecule has 0 saturated heterocycles. The Hall–Kier alpha value is -3.82. The summed E-state index contributed by atoms with van der Waals surface area (Å²) in [6.07, 6.45) is 16.0. The minimum Gasteiger partial charge on any atom is -0.214 e. The van der Waals surface area contributed by atoms with Gasteiger partial charge in [-0.1, -0.05) is 171 Å². The maximum absolute atomic E-state index is 2.42. The molecule has 0 radical (unpaired) electrons. The zero-order valence-electron chi connectivity index (χ0n) is 25.3. The van der Waals surface area contributed by atoms with E-state index in [0.29, 0.717) is 5.66 Å². The normalized spacial score (nSPS) is 15.8. The van der Waals surface area contributed by atoms with Crippen LogP contribution >= 0.6 is 15.8 Å². The summed E-state index contributed by atoms with van der Waals surface area (Å²) in [5.41, 5.74) is 5.91. The van der Waals surface area contributed by atoms with Crippen molar-refractivity contribution in [2.75, 3.05) is 0 Å². The second-order valence-corrected chi connectivity index (χ2v) is 15.3. The van der Waals surface area contributed by atoms with E-state index >= 15 is 0 Å². The average Bonchev–Trinajstić information content (AvgIpc) is 3.84. The van der Waals surface area contributed by atoms with Gasteiger partial charge in [-0.25, -0.2) is 12.1 Å². The van der Waals surface area contributed by atoms with E-state index in [-0.39, 0.29) is 17.1 Å². The van der Waals surface area contributed by atoms with Gasteiger partial charge in [0.05, 0.1) is 0 Å². The molecular weight excluding hydrogens is 622 g/mol. The van der Waals surface area contributed by atoms with E-state index in [0.717, 1.165) is 0 Å². The van der Waals surface area contributed by atoms with Crippen LogP contribution in [0.15, 0.2) is 211 Å². The Bertz CT molecular complexity index is 1650. The summed E-state index contributed by atoms with van der Waals surface area (Å²) in [4.78, 5) is 0. The van der Waals surface area contributed by atoms with Crippen molar-refractivity contribution in [2.45, 2.75) is 12.6 Å². The van der Waals surface area contributed by atoms with Gasteiger partial charge in [0.1, 0.15) is 0 Å². The third kappa shape index (κ3) is 7.89. The van der Waals surface area contributed by atoms with Crippen LogP contribution < -0.4 is 21.2 Å². The smallest absolute Gasteiger partial charge is 0.214 e. The monoisotopic (exact) mass is 658 g/mol. The average molecular weight is 659 g/mol. The van der Waals surface area contributed by atoms with Crippen molar-refractivity contribution >= 4 is 37.1 Å². The molecule has 0 aromatic heterocycles. The van der Waals surface area contributed by atoms with Gasteiger partial charge < -0.3 is 0 Å². The first-order chi connectivity index (χ1) is 21.8. The molecule has 5 aromatic carbocycles. The maximum atomic E-state index is 2.42. The Labute approximate surface area is 282 Å². The largest absolute Gasteiger partial charge is 2.00 e. The van der Waals surface area contributed by atoms with E-state index < -0.39 is 15.8 Å². The van der Waals surface area contributed by atoms with Crippen LogP contribution in [-0.4, -0.2) is 5.66 Å². The van der Waals surface area contributed by atoms with Gasteiger partial charge in [0.15, 0.2) is 0 Å². The summed E-state index contributed by atoms with van der Waals surface area (Å²) in [6, 6.07) is 54.2. The van der Waals surface area contributed by atoms with Gasteiger partial charge in [0.25, 0.3) is 0 Å². The fraction of sp³-hybridized carbons (Fsp3) is 0.0476. The maximum Gasteiger partial charge on any atom is 2.00 e. The van der Waals surface area contributed by atoms with Crippen molar-refractivity contribution in [3.05, 3.63) is 217 Å². The van der Waals surface area contributed by atoms with E-state index in [1.165, 1.54) is 43.6 Å². The first kappa shape index (κ1) is 32.6. The van der Waals surface area contributed by atoms with Crippen LogP contribution in [0.4, 0.5) is 0 Å². The molecule has 3 heteroatoms. The van der Waals surface area contributed by atoms with Crippen molar-refractivity contribution in [3.8, 4) is 0 Å². The van der Waals surface area contributed by atoms with Crippen LogP contribution in [0.3, 0.4) is 0 Å². The number of hydrogen-bond acceptors (Lipinski definition) is 0. The van der Waals surface area contributed by atoms with Gasteiger partial charge in [-0.05, 0) is 29.1 Å². The number of allylic oxidation sites excluding steroid dienone is 10. The molecule has 7 rings (SSSR count). The Morgan fingerprint density at radius 3 is 1.51 bits per heavy atom. The molecule has 0 fully saturated rings. The first-order valence-electron chi connectivity index (χ1n) is 15.1. The van der Waals surface area contributed by atoms with Crippen LogP contribution in [0.1, 0.15) is 6.92 Å². The van der Waals surface area contributed by atoms with Crippen LogP contribution in [0, 0.1) is 5.66 Å². The zero-order chi connectivity index (χ0) is 30.0. The van der Waals surface area contributed by atoms with E-state index in [4.69, 9.17) is 0 Å². The molecule has 0 spiro atoms. The molecule has 222 valence electrons. The number of benzene rings is 4. The van der Waals surface area contributed by atoms with Crippen LogP contribution in [0.5, 0.6) is 0 Å². The Morgan fingerprint density at radius 1 is 0.556 bits per heavy atom. The summed E-state index contributed by atoms with van der Waals surface area (Å²) in [7, 11) is -1.28. The molecule has 45 heavy (non-hydrogen) atoms. The summed E-state index contributed by atoms with van der Waals surface area (Å²) in [5.74, 6) is 0. The van der Waals surface area contributed by atoms with Crippen LogP contribution in [0.2, 0.25) is 0 Å². The molecule has 0 bridgehead atoms. The van der Waals surface area contributed by atoms with Crippen molar-refractivity contribution in [3.63, 3.8) is 0 Å². The molecule has 0 heterocycles. The summed E-state index contributed by atoms with van der Waals surface area (Å²) in [5, 5.41) is 5.59. The second-order valence-electron chi connectivity index (χ2n) is 10.6. The molecule has 0 amide bonds. The van der Waals surface area contributed by atoms with Gasteiger partial charge in [-0.3, -0.25) is 0 Å². The Kier molecular flexibility index (Phi) is 11.9. The molecule has 0 aliphatic heterocycles. The predicted octanol–water partition coefficient (Wildman–Crippen LogP) is 9.49. The minimum atomic E-state index is -0.701. The first-order valence-corrected chi connectivity index (χ1v) is 17.9. The van der Waals surface area contributed by atoms with Crippen molar-refractivity contribution in [1.29, 1.82) is 0 Å². The predicted molar refractivity (Wildman–Crippen MR) is 195 cm³/mol. The van der Waals surface area contributed by atoms with Gasteiger partial charge in [0.2, 0.25) is 0 Å². The number of hydrogen-bond donors (Lipinski definition) is 0. The van der Waals surface area contributed by atoms with Gasteiger partial charge in [0, 0.05) is 5.66 Å². The molecule has 0 saturated carbocycles. The zero-order valence-corrected chi connectivity index (χ0v) is 28.2. The molecule has 0 unspecified atom stereocenters. The van der Waals surface area contributed by atoms with E-state index in [1.807, 2.05) is 30.3 Å². The third-order valence-electron chi connectivity index (χ3n) is 7.78. The van der Waals surface area contributed by atoms with E-state index in [1.54, 1.807) is 0 Å². The Morgan fingerprint density at radius 2 is 1.04 bits per heavy atom. The van der Waals surface area contributed by atoms with Crippen molar-refractivity contribution in [1.82, 2.24) is 0 Å². The van der Waals surface area contributed by atoms with Crippen LogP contribution in [-0.2, 0) is 17.1 Å². The van der Waals surface area contributed by atoms with Gasteiger partial charge >= 0.3 is 17.1 Å². The summed E-state index contributed by atoms with van der Waals surface area (Å²) < 4.78 is 0. The SMILES string of the molecule is C[C@H](C1=CC=C/C1=C1/C=CC=C[C-]1P(c1ccccc1)c1ccccc1)P(c1ccccc1)c1ccccc1.[Fe+2].c1cc[cH-]c1. The molecule has 5 aromatic rings. The molecule has 0 N–H and O–H groups in total. The van der Waals surface area contributed by atoms with Crippen molar-refractivity contribution < 1.29 is 17.1 Å². The summed E-state index contributed by atoms with van der Waals surface area (Å²) >= 11 is 0. The molecule has 1 atom stereocenters. The fourth-order valence-electron chi connectivity index (χ4n) is 5.75. The fourth-order valence-corrected chi connectivity index (χ4v) is 10.9. The van der Waals surface area contributed by atoms with Gasteiger partial charge in [-0.2, -0.15) is 18.2 Å². The third-order valence-corrected chi connectivity index (χ3v) is 13.0. The molecular formula is C42H36FeP2. The van der Waals surface area contributed by atoms with E-state index in [2.05, 4.69) is 171 Å². The van der Waals surface area contributed by atoms with Crippen LogP contribution in [0.25, 0.3) is 0 Å². The van der Waals surface area contributed by atoms with Gasteiger partial charge in [-0.15, -0.1) is 29.9 Å². The molecule has 2 aliphatic rings. The Balaban J connectivity index is 0.000000609. The molecule has 0 nitrogen and oxygen atoms in total. The van der Waals surface area contributed by atoms with Crippen molar-refractivity contribution in [2.24, 2.45) is 0 Å². The van der Waals surface area contributed by atoms with E-state index in [9.17, 15) is 0 Å². The quantitative estimate of drug-likeness (QED) is 0.0929. The number of rotatable bonds is 7. The summed E-state index contributed by atoms with van der Waals surface area (Å²) in [6.45, 7) is 2.42. The topological polar surface area (TPSA) is 0 Å².